The number of hydrogen-bond acceptors (Lipinski definition) is 4. The van der Waals surface area contributed by atoms with Gasteiger partial charge in [0.25, 0.3) is 0 Å². The van der Waals surface area contributed by atoms with Crippen LogP contribution < -0.4 is 0 Å². The first kappa shape index (κ1) is 13.6. The molecule has 0 aromatic rings. The van der Waals surface area contributed by atoms with Crippen molar-refractivity contribution in [3.05, 3.63) is 0 Å². The maximum Gasteiger partial charge on any atom is 0.517 e. The highest BCUT2D eigenvalue weighted by Gasteiger charge is 2.61. The Bertz CT molecular complexity index is 196. The summed E-state index contributed by atoms with van der Waals surface area (Å²) in [5, 5.41) is 8.05. The summed E-state index contributed by atoms with van der Waals surface area (Å²) < 4.78 is 15.5. The maximum atomic E-state index is 11.2. The summed E-state index contributed by atoms with van der Waals surface area (Å²) in [6.45, 7) is 3.35. The van der Waals surface area contributed by atoms with Gasteiger partial charge >= 0.3 is 14.8 Å². The van der Waals surface area contributed by atoms with Gasteiger partial charge in [0.15, 0.2) is 0 Å². The molecule has 0 aliphatic rings. The van der Waals surface area contributed by atoms with E-state index in [0.29, 0.717) is 6.42 Å². The lowest BCUT2D eigenvalue weighted by molar-refractivity contribution is -0.142. The topological polar surface area (TPSA) is 65.0 Å². The predicted molar refractivity (Wildman–Crippen MR) is 53.1 cm³/mol. The largest absolute Gasteiger partial charge is 0.517 e. The van der Waals surface area contributed by atoms with Crippen molar-refractivity contribution in [2.45, 2.75) is 25.3 Å². The zero-order valence-electron chi connectivity index (χ0n) is 9.29. The Morgan fingerprint density at radius 3 is 1.71 bits per heavy atom. The molecular formula is C8H18O5Si. The van der Waals surface area contributed by atoms with Crippen molar-refractivity contribution < 1.29 is 23.2 Å². The molecule has 14 heavy (non-hydrogen) atoms. The van der Waals surface area contributed by atoms with Crippen molar-refractivity contribution in [3.8, 4) is 0 Å². The van der Waals surface area contributed by atoms with E-state index in [1.54, 1.807) is 13.8 Å². The Kier molecular flexibility index (Phi) is 4.73. The average molecular weight is 222 g/mol. The third-order valence-corrected chi connectivity index (χ3v) is 6.19. The van der Waals surface area contributed by atoms with E-state index in [-0.39, 0.29) is 0 Å². The minimum Gasteiger partial charge on any atom is -0.481 e. The molecule has 1 unspecified atom stereocenters. The van der Waals surface area contributed by atoms with Gasteiger partial charge in [-0.3, -0.25) is 4.79 Å². The van der Waals surface area contributed by atoms with Crippen LogP contribution in [0.15, 0.2) is 0 Å². The summed E-state index contributed by atoms with van der Waals surface area (Å²) in [5.74, 6) is -0.961. The van der Waals surface area contributed by atoms with Crippen LogP contribution in [-0.4, -0.2) is 41.2 Å². The van der Waals surface area contributed by atoms with Crippen LogP contribution in [0.5, 0.6) is 0 Å². The third kappa shape index (κ3) is 1.83. The summed E-state index contributed by atoms with van der Waals surface area (Å²) in [6.07, 6.45) is 0.393. The van der Waals surface area contributed by atoms with Crippen LogP contribution >= 0.6 is 0 Å². The Hall–Kier alpha value is -0.433. The monoisotopic (exact) mass is 222 g/mol. The van der Waals surface area contributed by atoms with Gasteiger partial charge in [-0.2, -0.15) is 0 Å². The smallest absolute Gasteiger partial charge is 0.481 e. The van der Waals surface area contributed by atoms with Crippen LogP contribution in [0, 0.1) is 0 Å². The number of carboxylic acids is 1. The minimum atomic E-state index is -3.13. The molecule has 0 saturated heterocycles. The first-order valence-electron chi connectivity index (χ1n) is 4.33. The summed E-state index contributed by atoms with van der Waals surface area (Å²) in [5.41, 5.74) is 0. The number of rotatable bonds is 6. The van der Waals surface area contributed by atoms with Gasteiger partial charge in [0.1, 0.15) is 5.04 Å². The summed E-state index contributed by atoms with van der Waals surface area (Å²) in [6, 6.07) is 0. The summed E-state index contributed by atoms with van der Waals surface area (Å²) in [7, 11) is 1.10. The van der Waals surface area contributed by atoms with Crippen LogP contribution in [0.2, 0.25) is 5.04 Å². The molecule has 0 rings (SSSR count). The Labute approximate surface area is 85.3 Å². The van der Waals surface area contributed by atoms with Crippen molar-refractivity contribution in [2.24, 2.45) is 0 Å². The third-order valence-electron chi connectivity index (χ3n) is 2.66. The quantitative estimate of drug-likeness (QED) is 0.682. The van der Waals surface area contributed by atoms with Crippen molar-refractivity contribution in [2.75, 3.05) is 21.3 Å². The molecule has 1 N–H and O–H groups in total. The van der Waals surface area contributed by atoms with E-state index >= 15 is 0 Å². The Balaban J connectivity index is 5.22. The second-order valence-electron chi connectivity index (χ2n) is 3.16. The van der Waals surface area contributed by atoms with Crippen molar-refractivity contribution >= 4 is 14.8 Å². The van der Waals surface area contributed by atoms with Gasteiger partial charge in [-0.25, -0.2) is 0 Å². The summed E-state index contributed by atoms with van der Waals surface area (Å²) in [4.78, 5) is 11.2. The molecule has 0 fully saturated rings. The van der Waals surface area contributed by atoms with Gasteiger partial charge in [-0.1, -0.05) is 6.92 Å². The van der Waals surface area contributed by atoms with Crippen LogP contribution in [0.25, 0.3) is 0 Å². The van der Waals surface area contributed by atoms with Crippen molar-refractivity contribution in [3.63, 3.8) is 0 Å². The second-order valence-corrected chi connectivity index (χ2v) is 6.60. The highest BCUT2D eigenvalue weighted by Crippen LogP contribution is 2.42. The minimum absolute atomic E-state index is 0.393. The van der Waals surface area contributed by atoms with Gasteiger partial charge < -0.3 is 18.4 Å². The van der Waals surface area contributed by atoms with Crippen LogP contribution in [-0.2, 0) is 18.1 Å². The number of carboxylic acid groups (broad SMARTS) is 1. The highest BCUT2D eigenvalue weighted by atomic mass is 28.4. The van der Waals surface area contributed by atoms with Gasteiger partial charge in [-0.05, 0) is 13.3 Å². The highest BCUT2D eigenvalue weighted by molar-refractivity contribution is 6.68. The lowest BCUT2D eigenvalue weighted by Crippen LogP contribution is -2.56. The van der Waals surface area contributed by atoms with E-state index in [4.69, 9.17) is 18.4 Å². The van der Waals surface area contributed by atoms with E-state index in [1.807, 2.05) is 0 Å². The molecule has 0 aromatic heterocycles. The lowest BCUT2D eigenvalue weighted by atomic mass is 10.1. The number of carbonyl (C=O) groups is 1. The van der Waals surface area contributed by atoms with Crippen LogP contribution in [0.1, 0.15) is 20.3 Å². The molecule has 84 valence electrons. The fourth-order valence-corrected chi connectivity index (χ4v) is 3.97. The maximum absolute atomic E-state index is 11.2. The van der Waals surface area contributed by atoms with E-state index in [1.165, 1.54) is 21.3 Å². The molecule has 6 heteroatoms. The molecule has 0 bridgehead atoms. The summed E-state index contributed by atoms with van der Waals surface area (Å²) >= 11 is 0. The molecule has 0 spiro atoms. The zero-order chi connectivity index (χ0) is 11.4. The van der Waals surface area contributed by atoms with Gasteiger partial charge in [0.2, 0.25) is 0 Å². The molecule has 1 atom stereocenters. The molecule has 0 aliphatic carbocycles. The van der Waals surface area contributed by atoms with Gasteiger partial charge in [0, 0.05) is 21.3 Å². The van der Waals surface area contributed by atoms with Crippen LogP contribution in [0.4, 0.5) is 0 Å². The molecule has 0 amide bonds. The van der Waals surface area contributed by atoms with E-state index in [2.05, 4.69) is 0 Å². The van der Waals surface area contributed by atoms with Crippen LogP contribution in [0.3, 0.4) is 0 Å². The molecule has 0 aliphatic heterocycles. The average Bonchev–Trinajstić information content (AvgIpc) is 2.20. The fraction of sp³-hybridized carbons (Fsp3) is 0.875. The Morgan fingerprint density at radius 2 is 1.64 bits per heavy atom. The van der Waals surface area contributed by atoms with E-state index < -0.39 is 19.8 Å². The predicted octanol–water partition coefficient (Wildman–Crippen LogP) is 1.12. The fourth-order valence-electron chi connectivity index (χ4n) is 1.42. The standard InChI is InChI=1S/C8H18O5Si/c1-6-8(2,7(9)10)14(11-3,12-4)13-5/h6H2,1-5H3,(H,9,10). The van der Waals surface area contributed by atoms with Gasteiger partial charge in [0.05, 0.1) is 0 Å². The zero-order valence-corrected chi connectivity index (χ0v) is 10.3. The number of hydrogen-bond donors (Lipinski definition) is 1. The van der Waals surface area contributed by atoms with Crippen molar-refractivity contribution in [1.82, 2.24) is 0 Å². The molecule has 5 nitrogen and oxygen atoms in total. The van der Waals surface area contributed by atoms with E-state index in [0.717, 1.165) is 0 Å². The molecular weight excluding hydrogens is 204 g/mol. The first-order valence-corrected chi connectivity index (χ1v) is 6.05. The molecule has 0 radical (unpaired) electrons. The SMILES string of the molecule is CCC(C)(C(=O)O)[Si](OC)(OC)OC. The van der Waals surface area contributed by atoms with E-state index in [9.17, 15) is 4.79 Å². The molecule has 0 aromatic carbocycles. The normalized spacial score (nSPS) is 16.4. The Morgan fingerprint density at radius 1 is 1.29 bits per heavy atom. The van der Waals surface area contributed by atoms with Crippen molar-refractivity contribution in [1.29, 1.82) is 0 Å². The molecule has 0 heterocycles. The molecule has 0 saturated carbocycles. The lowest BCUT2D eigenvalue weighted by Gasteiger charge is -2.37. The first-order chi connectivity index (χ1) is 6.44. The number of aliphatic carboxylic acids is 1. The second kappa shape index (κ2) is 4.88. The van der Waals surface area contributed by atoms with Gasteiger partial charge in [-0.15, -0.1) is 0 Å².